The summed E-state index contributed by atoms with van der Waals surface area (Å²) in [6.45, 7) is 2.06. The Labute approximate surface area is 102 Å². The Morgan fingerprint density at radius 2 is 1.88 bits per heavy atom. The van der Waals surface area contributed by atoms with E-state index in [0.717, 1.165) is 6.42 Å². The molecule has 1 unspecified atom stereocenters. The monoisotopic (exact) mass is 236 g/mol. The van der Waals surface area contributed by atoms with Gasteiger partial charge < -0.3 is 16.6 Å². The van der Waals surface area contributed by atoms with Gasteiger partial charge in [0.05, 0.1) is 0 Å². The van der Waals surface area contributed by atoms with Gasteiger partial charge in [-0.05, 0) is 24.3 Å². The van der Waals surface area contributed by atoms with Crippen LogP contribution in [0.3, 0.4) is 0 Å². The molecular weight excluding hydrogens is 216 g/mol. The lowest BCUT2D eigenvalue weighted by molar-refractivity contribution is -0.139. The number of carboxylic acids is 1. The van der Waals surface area contributed by atoms with Gasteiger partial charge in [-0.15, -0.1) is 0 Å². The average molecular weight is 236 g/mol. The van der Waals surface area contributed by atoms with Crippen LogP contribution in [-0.4, -0.2) is 23.2 Å². The van der Waals surface area contributed by atoms with E-state index in [1.165, 1.54) is 5.56 Å². The molecule has 5 N–H and O–H groups in total. The molecule has 94 valence electrons. The topological polar surface area (TPSA) is 89.3 Å². The number of nitrogens with two attached hydrogens (primary N) is 2. The van der Waals surface area contributed by atoms with Crippen molar-refractivity contribution in [3.05, 3.63) is 35.9 Å². The molecule has 0 fully saturated rings. The van der Waals surface area contributed by atoms with Crippen LogP contribution in [0.4, 0.5) is 0 Å². The first kappa shape index (κ1) is 13.7. The quantitative estimate of drug-likeness (QED) is 0.687. The van der Waals surface area contributed by atoms with Gasteiger partial charge in [0.2, 0.25) is 0 Å². The van der Waals surface area contributed by atoms with Crippen LogP contribution in [0, 0.1) is 5.92 Å². The highest BCUT2D eigenvalue weighted by molar-refractivity contribution is 5.74. The smallest absolute Gasteiger partial charge is 0.322 e. The SMILES string of the molecule is C[C@@H](Cc1ccccc1)C[C@H](N)C(N)C(=O)O. The van der Waals surface area contributed by atoms with Crippen molar-refractivity contribution in [3.63, 3.8) is 0 Å². The summed E-state index contributed by atoms with van der Waals surface area (Å²) in [6, 6.07) is 8.59. The molecular formula is C13H20N2O2. The van der Waals surface area contributed by atoms with Gasteiger partial charge in [-0.2, -0.15) is 0 Å². The third-order valence-electron chi connectivity index (χ3n) is 2.85. The summed E-state index contributed by atoms with van der Waals surface area (Å²) in [6.07, 6.45) is 1.50. The number of carbonyl (C=O) groups is 1. The van der Waals surface area contributed by atoms with Crippen molar-refractivity contribution in [3.8, 4) is 0 Å². The van der Waals surface area contributed by atoms with Gasteiger partial charge in [-0.1, -0.05) is 37.3 Å². The van der Waals surface area contributed by atoms with Crippen LogP contribution in [-0.2, 0) is 11.2 Å². The number of rotatable bonds is 6. The van der Waals surface area contributed by atoms with E-state index in [2.05, 4.69) is 19.1 Å². The molecule has 1 aromatic rings. The highest BCUT2D eigenvalue weighted by Gasteiger charge is 2.22. The Balaban J connectivity index is 2.44. The summed E-state index contributed by atoms with van der Waals surface area (Å²) >= 11 is 0. The maximum absolute atomic E-state index is 10.7. The molecule has 0 radical (unpaired) electrons. The van der Waals surface area contributed by atoms with Crippen molar-refractivity contribution in [2.75, 3.05) is 0 Å². The Hall–Kier alpha value is -1.39. The Morgan fingerprint density at radius 3 is 2.41 bits per heavy atom. The van der Waals surface area contributed by atoms with E-state index in [9.17, 15) is 4.79 Å². The van der Waals surface area contributed by atoms with Gasteiger partial charge in [0.1, 0.15) is 6.04 Å². The first-order chi connectivity index (χ1) is 8.00. The molecule has 4 nitrogen and oxygen atoms in total. The third-order valence-corrected chi connectivity index (χ3v) is 2.85. The maximum atomic E-state index is 10.7. The predicted molar refractivity (Wildman–Crippen MR) is 67.5 cm³/mol. The van der Waals surface area contributed by atoms with Crippen LogP contribution in [0.5, 0.6) is 0 Å². The van der Waals surface area contributed by atoms with Crippen LogP contribution in [0.1, 0.15) is 18.9 Å². The maximum Gasteiger partial charge on any atom is 0.322 e. The summed E-state index contributed by atoms with van der Waals surface area (Å²) < 4.78 is 0. The standard InChI is InChI=1S/C13H20N2O2/c1-9(7-10-5-3-2-4-6-10)8-11(14)12(15)13(16)17/h2-6,9,11-12H,7-8,14-15H2,1H3,(H,16,17)/t9-,11-,12?/m0/s1. The molecule has 0 aromatic heterocycles. The number of aliphatic carboxylic acids is 1. The molecule has 0 bridgehead atoms. The molecule has 1 aromatic carbocycles. The molecule has 0 saturated heterocycles. The molecule has 0 heterocycles. The second-order valence-corrected chi connectivity index (χ2v) is 4.56. The van der Waals surface area contributed by atoms with Crippen molar-refractivity contribution in [2.24, 2.45) is 17.4 Å². The lowest BCUT2D eigenvalue weighted by Crippen LogP contribution is -2.47. The van der Waals surface area contributed by atoms with Crippen LogP contribution >= 0.6 is 0 Å². The van der Waals surface area contributed by atoms with Crippen molar-refractivity contribution < 1.29 is 9.90 Å². The van der Waals surface area contributed by atoms with Gasteiger partial charge in [0.25, 0.3) is 0 Å². The molecule has 3 atom stereocenters. The van der Waals surface area contributed by atoms with E-state index in [0.29, 0.717) is 12.3 Å². The van der Waals surface area contributed by atoms with E-state index in [1.54, 1.807) is 0 Å². The van der Waals surface area contributed by atoms with Crippen LogP contribution in [0.2, 0.25) is 0 Å². The summed E-state index contributed by atoms with van der Waals surface area (Å²) in [7, 11) is 0. The third kappa shape index (κ3) is 4.54. The first-order valence-corrected chi connectivity index (χ1v) is 5.78. The van der Waals surface area contributed by atoms with Crippen molar-refractivity contribution >= 4 is 5.97 Å². The van der Waals surface area contributed by atoms with Gasteiger partial charge in [0, 0.05) is 6.04 Å². The minimum absolute atomic E-state index is 0.317. The van der Waals surface area contributed by atoms with Crippen LogP contribution in [0.15, 0.2) is 30.3 Å². The zero-order chi connectivity index (χ0) is 12.8. The fraction of sp³-hybridized carbons (Fsp3) is 0.462. The fourth-order valence-electron chi connectivity index (χ4n) is 1.89. The van der Waals surface area contributed by atoms with E-state index >= 15 is 0 Å². The van der Waals surface area contributed by atoms with Crippen molar-refractivity contribution in [2.45, 2.75) is 31.8 Å². The van der Waals surface area contributed by atoms with Crippen LogP contribution < -0.4 is 11.5 Å². The van der Waals surface area contributed by atoms with E-state index in [-0.39, 0.29) is 0 Å². The fourth-order valence-corrected chi connectivity index (χ4v) is 1.89. The summed E-state index contributed by atoms with van der Waals surface area (Å²) in [5.41, 5.74) is 12.5. The zero-order valence-corrected chi connectivity index (χ0v) is 10.0. The Bertz CT molecular complexity index is 354. The highest BCUT2D eigenvalue weighted by atomic mass is 16.4. The molecule has 4 heteroatoms. The molecule has 0 saturated carbocycles. The first-order valence-electron chi connectivity index (χ1n) is 5.78. The predicted octanol–water partition coefficient (Wildman–Crippen LogP) is 0.994. The molecule has 17 heavy (non-hydrogen) atoms. The molecule has 0 spiro atoms. The van der Waals surface area contributed by atoms with Gasteiger partial charge >= 0.3 is 5.97 Å². The number of carboxylic acid groups (broad SMARTS) is 1. The lowest BCUT2D eigenvalue weighted by atomic mass is 9.92. The number of hydrogen-bond acceptors (Lipinski definition) is 3. The number of benzene rings is 1. The van der Waals surface area contributed by atoms with Crippen LogP contribution in [0.25, 0.3) is 0 Å². The Kier molecular flexibility index (Phi) is 5.12. The minimum atomic E-state index is -1.04. The molecule has 0 aliphatic heterocycles. The minimum Gasteiger partial charge on any atom is -0.480 e. The highest BCUT2D eigenvalue weighted by Crippen LogP contribution is 2.13. The van der Waals surface area contributed by atoms with E-state index in [1.807, 2.05) is 18.2 Å². The van der Waals surface area contributed by atoms with Crippen molar-refractivity contribution in [1.29, 1.82) is 0 Å². The molecule has 0 aliphatic rings. The summed E-state index contributed by atoms with van der Waals surface area (Å²) in [5.74, 6) is -0.720. The van der Waals surface area contributed by atoms with Gasteiger partial charge in [0.15, 0.2) is 0 Å². The second-order valence-electron chi connectivity index (χ2n) is 4.56. The molecule has 0 aliphatic carbocycles. The largest absolute Gasteiger partial charge is 0.480 e. The lowest BCUT2D eigenvalue weighted by Gasteiger charge is -2.20. The van der Waals surface area contributed by atoms with E-state index in [4.69, 9.17) is 16.6 Å². The van der Waals surface area contributed by atoms with E-state index < -0.39 is 18.1 Å². The number of hydrogen-bond donors (Lipinski definition) is 3. The Morgan fingerprint density at radius 1 is 1.29 bits per heavy atom. The van der Waals surface area contributed by atoms with Gasteiger partial charge in [-0.25, -0.2) is 0 Å². The molecule has 1 rings (SSSR count). The zero-order valence-electron chi connectivity index (χ0n) is 10.0. The molecule has 0 amide bonds. The average Bonchev–Trinajstić information content (AvgIpc) is 2.28. The second kappa shape index (κ2) is 6.37. The normalized spacial score (nSPS) is 16.2. The van der Waals surface area contributed by atoms with Gasteiger partial charge in [-0.3, -0.25) is 4.79 Å². The summed E-state index contributed by atoms with van der Waals surface area (Å²) in [5, 5.41) is 8.75. The summed E-state index contributed by atoms with van der Waals surface area (Å²) in [4.78, 5) is 10.7. The van der Waals surface area contributed by atoms with Crippen molar-refractivity contribution in [1.82, 2.24) is 0 Å².